The molecule has 1 aromatic rings. The second-order valence-electron chi connectivity index (χ2n) is 7.37. The summed E-state index contributed by atoms with van der Waals surface area (Å²) in [7, 11) is 1.79. The third kappa shape index (κ3) is 2.97. The molecule has 2 saturated heterocycles. The molecule has 2 atom stereocenters. The van der Waals surface area contributed by atoms with Crippen molar-refractivity contribution in [2.24, 2.45) is 5.92 Å². The molecule has 2 bridgehead atoms. The van der Waals surface area contributed by atoms with Crippen LogP contribution in [0.5, 0.6) is 0 Å². The van der Waals surface area contributed by atoms with Crippen molar-refractivity contribution in [2.45, 2.75) is 44.4 Å². The van der Waals surface area contributed by atoms with Crippen LogP contribution in [-0.2, 0) is 17.8 Å². The van der Waals surface area contributed by atoms with Crippen molar-refractivity contribution in [3.05, 3.63) is 33.7 Å². The highest BCUT2D eigenvalue weighted by Crippen LogP contribution is 2.31. The van der Waals surface area contributed by atoms with E-state index in [1.54, 1.807) is 7.11 Å². The van der Waals surface area contributed by atoms with Gasteiger partial charge in [-0.3, -0.25) is 9.69 Å². The zero-order chi connectivity index (χ0) is 15.8. The number of nitrogens with zero attached hydrogens (tertiary/aromatic N) is 2. The van der Waals surface area contributed by atoms with Crippen molar-refractivity contribution in [1.82, 2.24) is 14.8 Å². The number of likely N-dealkylation sites (tertiary alicyclic amines) is 1. The van der Waals surface area contributed by atoms with Gasteiger partial charge in [0.1, 0.15) is 0 Å². The number of fused-ring (bicyclic) bond motifs is 4. The van der Waals surface area contributed by atoms with E-state index < -0.39 is 0 Å². The molecule has 5 nitrogen and oxygen atoms in total. The van der Waals surface area contributed by atoms with Crippen LogP contribution in [0.1, 0.15) is 36.4 Å². The van der Waals surface area contributed by atoms with Gasteiger partial charge in [-0.25, -0.2) is 0 Å². The Morgan fingerprint density at radius 2 is 2.09 bits per heavy atom. The first-order valence-corrected chi connectivity index (χ1v) is 8.93. The van der Waals surface area contributed by atoms with Gasteiger partial charge in [0, 0.05) is 57.0 Å². The maximum absolute atomic E-state index is 12.9. The van der Waals surface area contributed by atoms with Gasteiger partial charge in [0.2, 0.25) is 0 Å². The number of ether oxygens (including phenoxy) is 1. The van der Waals surface area contributed by atoms with Crippen molar-refractivity contribution in [3.8, 4) is 0 Å². The van der Waals surface area contributed by atoms with E-state index in [2.05, 4.69) is 26.9 Å². The summed E-state index contributed by atoms with van der Waals surface area (Å²) in [5.74, 6) is 1.13. The fourth-order valence-electron chi connectivity index (χ4n) is 4.50. The molecule has 1 N–H and O–H groups in total. The van der Waals surface area contributed by atoms with Crippen LogP contribution in [0.3, 0.4) is 0 Å². The first-order chi connectivity index (χ1) is 11.2. The number of hydrogen-bond donors (Lipinski definition) is 1. The lowest BCUT2D eigenvalue weighted by Gasteiger charge is -2.38. The Kier molecular flexibility index (Phi) is 4.26. The van der Waals surface area contributed by atoms with Crippen LogP contribution >= 0.6 is 0 Å². The second kappa shape index (κ2) is 6.38. The molecule has 4 heterocycles. The second-order valence-corrected chi connectivity index (χ2v) is 7.37. The van der Waals surface area contributed by atoms with E-state index in [0.29, 0.717) is 17.9 Å². The molecular weight excluding hydrogens is 290 g/mol. The van der Waals surface area contributed by atoms with Gasteiger partial charge in [-0.2, -0.15) is 0 Å². The first-order valence-electron chi connectivity index (χ1n) is 8.93. The number of methoxy groups -OCH3 is 1. The standard InChI is InChI=1S/C18H27N3O2/c1-23-16-4-6-20(7-5-16)12-14-2-3-17-15-8-13(9-19-10-15)11-21(17)18(14)22/h2-3,13,15-16,19H,4-12H2,1H3/t13-,15+/m0/s1. The molecule has 3 aliphatic heterocycles. The number of hydrogen-bond acceptors (Lipinski definition) is 4. The number of nitrogens with one attached hydrogen (secondary N) is 1. The quantitative estimate of drug-likeness (QED) is 0.909. The monoisotopic (exact) mass is 317 g/mol. The molecule has 0 amide bonds. The highest BCUT2D eigenvalue weighted by Gasteiger charge is 2.31. The van der Waals surface area contributed by atoms with Crippen molar-refractivity contribution in [1.29, 1.82) is 0 Å². The van der Waals surface area contributed by atoms with E-state index in [4.69, 9.17) is 4.74 Å². The summed E-state index contributed by atoms with van der Waals surface area (Å²) >= 11 is 0. The maximum Gasteiger partial charge on any atom is 0.255 e. The van der Waals surface area contributed by atoms with Crippen LogP contribution < -0.4 is 10.9 Å². The number of rotatable bonds is 3. The Hall–Kier alpha value is -1.17. The van der Waals surface area contributed by atoms with Crippen LogP contribution in [0.2, 0.25) is 0 Å². The van der Waals surface area contributed by atoms with Crippen molar-refractivity contribution in [2.75, 3.05) is 33.3 Å². The minimum absolute atomic E-state index is 0.243. The van der Waals surface area contributed by atoms with Crippen LogP contribution in [0.15, 0.2) is 16.9 Å². The number of pyridine rings is 1. The molecule has 0 unspecified atom stereocenters. The average molecular weight is 317 g/mol. The lowest BCUT2D eigenvalue weighted by Crippen LogP contribution is -2.46. The minimum atomic E-state index is 0.243. The fourth-order valence-corrected chi connectivity index (χ4v) is 4.50. The molecule has 0 aliphatic carbocycles. The normalized spacial score (nSPS) is 28.6. The molecule has 0 spiro atoms. The number of piperidine rings is 2. The summed E-state index contributed by atoms with van der Waals surface area (Å²) in [6, 6.07) is 4.28. The predicted octanol–water partition coefficient (Wildman–Crippen LogP) is 1.17. The van der Waals surface area contributed by atoms with Crippen LogP contribution in [-0.4, -0.2) is 48.9 Å². The molecule has 126 valence electrons. The van der Waals surface area contributed by atoms with Gasteiger partial charge in [-0.15, -0.1) is 0 Å². The predicted molar refractivity (Wildman–Crippen MR) is 89.7 cm³/mol. The molecule has 0 radical (unpaired) electrons. The molecule has 4 rings (SSSR count). The van der Waals surface area contributed by atoms with E-state index in [-0.39, 0.29) is 5.56 Å². The lowest BCUT2D eigenvalue weighted by molar-refractivity contribution is 0.0387. The Balaban J connectivity index is 1.52. The summed E-state index contributed by atoms with van der Waals surface area (Å²) < 4.78 is 7.50. The van der Waals surface area contributed by atoms with Crippen molar-refractivity contribution < 1.29 is 4.74 Å². The van der Waals surface area contributed by atoms with Gasteiger partial charge in [0.25, 0.3) is 5.56 Å². The van der Waals surface area contributed by atoms with Gasteiger partial charge < -0.3 is 14.6 Å². The molecular formula is C18H27N3O2. The average Bonchev–Trinajstić information content (AvgIpc) is 2.59. The zero-order valence-electron chi connectivity index (χ0n) is 14.0. The maximum atomic E-state index is 12.9. The van der Waals surface area contributed by atoms with Crippen LogP contribution in [0.4, 0.5) is 0 Å². The van der Waals surface area contributed by atoms with E-state index in [1.165, 1.54) is 12.1 Å². The summed E-state index contributed by atoms with van der Waals surface area (Å²) in [4.78, 5) is 15.3. The highest BCUT2D eigenvalue weighted by molar-refractivity contribution is 5.22. The summed E-state index contributed by atoms with van der Waals surface area (Å²) in [6.45, 7) is 5.78. The summed E-state index contributed by atoms with van der Waals surface area (Å²) in [5, 5.41) is 3.50. The van der Waals surface area contributed by atoms with E-state index >= 15 is 0 Å². The molecule has 23 heavy (non-hydrogen) atoms. The van der Waals surface area contributed by atoms with E-state index in [0.717, 1.165) is 57.7 Å². The molecule has 0 aromatic carbocycles. The Bertz CT molecular complexity index is 619. The minimum Gasteiger partial charge on any atom is -0.381 e. The molecule has 2 fully saturated rings. The Labute approximate surface area is 137 Å². The van der Waals surface area contributed by atoms with E-state index in [9.17, 15) is 4.79 Å². The largest absolute Gasteiger partial charge is 0.381 e. The molecule has 3 aliphatic rings. The molecule has 1 aromatic heterocycles. The van der Waals surface area contributed by atoms with Gasteiger partial charge in [-0.05, 0) is 37.8 Å². The third-order valence-electron chi connectivity index (χ3n) is 5.85. The van der Waals surface area contributed by atoms with Crippen molar-refractivity contribution in [3.63, 3.8) is 0 Å². The summed E-state index contributed by atoms with van der Waals surface area (Å²) in [5.41, 5.74) is 2.44. The van der Waals surface area contributed by atoms with Gasteiger partial charge >= 0.3 is 0 Å². The fraction of sp³-hybridized carbons (Fsp3) is 0.722. The number of aromatic nitrogens is 1. The van der Waals surface area contributed by atoms with Gasteiger partial charge in [-0.1, -0.05) is 6.07 Å². The topological polar surface area (TPSA) is 46.5 Å². The first kappa shape index (κ1) is 15.4. The molecule has 0 saturated carbocycles. The van der Waals surface area contributed by atoms with Crippen molar-refractivity contribution >= 4 is 0 Å². The Morgan fingerprint density at radius 1 is 1.26 bits per heavy atom. The molecule has 5 heteroatoms. The SMILES string of the molecule is COC1CCN(Cc2ccc3n(c2=O)C[C@@H]2CNC[C@H]3C2)CC1. The third-order valence-corrected chi connectivity index (χ3v) is 5.85. The van der Waals surface area contributed by atoms with E-state index in [1.807, 2.05) is 0 Å². The Morgan fingerprint density at radius 3 is 2.87 bits per heavy atom. The zero-order valence-corrected chi connectivity index (χ0v) is 14.0. The van der Waals surface area contributed by atoms with Gasteiger partial charge in [0.15, 0.2) is 0 Å². The summed E-state index contributed by atoms with van der Waals surface area (Å²) in [6.07, 6.45) is 3.76. The smallest absolute Gasteiger partial charge is 0.255 e. The highest BCUT2D eigenvalue weighted by atomic mass is 16.5. The van der Waals surface area contributed by atoms with Crippen LogP contribution in [0, 0.1) is 5.92 Å². The lowest BCUT2D eigenvalue weighted by atomic mass is 9.84. The van der Waals surface area contributed by atoms with Gasteiger partial charge in [0.05, 0.1) is 6.10 Å². The van der Waals surface area contributed by atoms with Crippen LogP contribution in [0.25, 0.3) is 0 Å².